The van der Waals surface area contributed by atoms with E-state index in [9.17, 15) is 19.5 Å². The number of esters is 1. The van der Waals surface area contributed by atoms with Crippen LogP contribution in [-0.2, 0) is 14.3 Å². The zero-order valence-corrected chi connectivity index (χ0v) is 21.1. The highest BCUT2D eigenvalue weighted by molar-refractivity contribution is 6.51. The molecule has 1 fully saturated rings. The third kappa shape index (κ3) is 5.26. The van der Waals surface area contributed by atoms with Crippen molar-refractivity contribution in [3.8, 4) is 5.75 Å². The van der Waals surface area contributed by atoms with Crippen molar-refractivity contribution in [2.24, 2.45) is 0 Å². The van der Waals surface area contributed by atoms with Gasteiger partial charge in [0, 0.05) is 11.3 Å². The molecule has 0 saturated carbocycles. The Morgan fingerprint density at radius 1 is 0.946 bits per heavy atom. The van der Waals surface area contributed by atoms with Crippen molar-refractivity contribution < 1.29 is 29.0 Å². The number of carbonyl (C=O) groups excluding carboxylic acids is 3. The molecule has 0 spiro atoms. The summed E-state index contributed by atoms with van der Waals surface area (Å²) >= 11 is 0. The van der Waals surface area contributed by atoms with Crippen molar-refractivity contribution in [3.63, 3.8) is 0 Å². The van der Waals surface area contributed by atoms with Crippen LogP contribution in [0.15, 0.2) is 78.4 Å². The second-order valence-electron chi connectivity index (χ2n) is 8.73. The Balaban J connectivity index is 1.85. The fourth-order valence-corrected chi connectivity index (χ4v) is 4.34. The number of hydrogen-bond acceptors (Lipinski definition) is 6. The van der Waals surface area contributed by atoms with Crippen molar-refractivity contribution in [1.82, 2.24) is 0 Å². The molecule has 3 aromatic rings. The molecule has 0 radical (unpaired) electrons. The Labute approximate surface area is 215 Å². The van der Waals surface area contributed by atoms with Gasteiger partial charge in [0.2, 0.25) is 0 Å². The van der Waals surface area contributed by atoms with Crippen LogP contribution in [0.4, 0.5) is 5.69 Å². The maximum absolute atomic E-state index is 13.4. The minimum absolute atomic E-state index is 0.0284. The number of aliphatic hydroxyl groups excluding tert-OH is 1. The first-order chi connectivity index (χ1) is 17.8. The third-order valence-corrected chi connectivity index (χ3v) is 6.04. The number of carbonyl (C=O) groups is 3. The molecule has 0 aromatic heterocycles. The van der Waals surface area contributed by atoms with Gasteiger partial charge in [-0.3, -0.25) is 14.5 Å². The van der Waals surface area contributed by atoms with Crippen LogP contribution in [0.1, 0.15) is 53.4 Å². The zero-order valence-electron chi connectivity index (χ0n) is 21.1. The van der Waals surface area contributed by atoms with E-state index >= 15 is 0 Å². The van der Waals surface area contributed by atoms with Crippen LogP contribution < -0.4 is 9.64 Å². The monoisotopic (exact) mass is 499 g/mol. The van der Waals surface area contributed by atoms with Crippen molar-refractivity contribution in [1.29, 1.82) is 0 Å². The normalized spacial score (nSPS) is 16.6. The number of Topliss-reactive ketones (excluding diaryl/α,β-unsaturated/α-hetero) is 1. The molecule has 1 saturated heterocycles. The molecule has 1 N–H and O–H groups in total. The van der Waals surface area contributed by atoms with Gasteiger partial charge < -0.3 is 14.6 Å². The van der Waals surface area contributed by atoms with Gasteiger partial charge in [0.25, 0.3) is 11.7 Å². The molecular formula is C30H29NO6. The molecule has 1 unspecified atom stereocenters. The lowest BCUT2D eigenvalue weighted by atomic mass is 9.94. The van der Waals surface area contributed by atoms with E-state index in [1.807, 2.05) is 32.0 Å². The number of rotatable bonds is 8. The van der Waals surface area contributed by atoms with Gasteiger partial charge in [0.15, 0.2) is 0 Å². The fourth-order valence-electron chi connectivity index (χ4n) is 4.34. The number of amides is 1. The van der Waals surface area contributed by atoms with Gasteiger partial charge in [-0.05, 0) is 68.3 Å². The number of hydrogen-bond donors (Lipinski definition) is 1. The Hall–Kier alpha value is -4.39. The predicted molar refractivity (Wildman–Crippen MR) is 141 cm³/mol. The van der Waals surface area contributed by atoms with E-state index in [-0.39, 0.29) is 23.5 Å². The van der Waals surface area contributed by atoms with E-state index in [1.165, 1.54) is 11.0 Å². The van der Waals surface area contributed by atoms with E-state index in [4.69, 9.17) is 9.47 Å². The third-order valence-electron chi connectivity index (χ3n) is 6.04. The van der Waals surface area contributed by atoms with Crippen molar-refractivity contribution >= 4 is 29.1 Å². The first-order valence-electron chi connectivity index (χ1n) is 12.2. The summed E-state index contributed by atoms with van der Waals surface area (Å²) in [6.45, 7) is 6.40. The number of anilines is 1. The lowest BCUT2D eigenvalue weighted by Crippen LogP contribution is -2.29. The Morgan fingerprint density at radius 3 is 2.35 bits per heavy atom. The standard InChI is InChI=1S/C30H29NO6/c1-4-16-37-24-14-12-20(13-15-24)27(32)25-26(21-9-6-8-19(3)17-21)31(29(34)28(25)33)23-11-7-10-22(18-23)30(35)36-5-2/h6-15,17-18,26,32H,4-5,16H2,1-3H3/b27-25+. The molecule has 4 rings (SSSR count). The molecule has 0 aliphatic carbocycles. The smallest absolute Gasteiger partial charge is 0.338 e. The van der Waals surface area contributed by atoms with Gasteiger partial charge in [-0.15, -0.1) is 0 Å². The van der Waals surface area contributed by atoms with Gasteiger partial charge in [-0.25, -0.2) is 4.79 Å². The Kier molecular flexibility index (Phi) is 7.72. The van der Waals surface area contributed by atoms with Crippen LogP contribution in [0.5, 0.6) is 5.75 Å². The summed E-state index contributed by atoms with van der Waals surface area (Å²) in [4.78, 5) is 40.4. The first kappa shape index (κ1) is 25.7. The summed E-state index contributed by atoms with van der Waals surface area (Å²) in [7, 11) is 0. The number of ether oxygens (including phenoxy) is 2. The quantitative estimate of drug-likeness (QED) is 0.188. The molecule has 1 heterocycles. The van der Waals surface area contributed by atoms with Crippen LogP contribution in [0.25, 0.3) is 5.76 Å². The van der Waals surface area contributed by atoms with E-state index < -0.39 is 23.7 Å². The summed E-state index contributed by atoms with van der Waals surface area (Å²) in [6, 6.07) is 19.6. The average molecular weight is 500 g/mol. The first-order valence-corrected chi connectivity index (χ1v) is 12.2. The fraction of sp³-hybridized carbons (Fsp3) is 0.233. The van der Waals surface area contributed by atoms with Crippen LogP contribution in [-0.4, -0.2) is 36.0 Å². The van der Waals surface area contributed by atoms with E-state index in [1.54, 1.807) is 55.5 Å². The largest absolute Gasteiger partial charge is 0.507 e. The maximum atomic E-state index is 13.4. The van der Waals surface area contributed by atoms with Gasteiger partial charge in [-0.2, -0.15) is 0 Å². The zero-order chi connectivity index (χ0) is 26.5. The van der Waals surface area contributed by atoms with E-state index in [2.05, 4.69) is 0 Å². The molecule has 190 valence electrons. The van der Waals surface area contributed by atoms with Crippen molar-refractivity contribution in [2.75, 3.05) is 18.1 Å². The molecular weight excluding hydrogens is 470 g/mol. The summed E-state index contributed by atoms with van der Waals surface area (Å²) < 4.78 is 10.7. The minimum Gasteiger partial charge on any atom is -0.507 e. The topological polar surface area (TPSA) is 93.1 Å². The highest BCUT2D eigenvalue weighted by Crippen LogP contribution is 2.42. The van der Waals surface area contributed by atoms with E-state index in [0.29, 0.717) is 29.2 Å². The SMILES string of the molecule is CCCOc1ccc(/C(O)=C2\C(=O)C(=O)N(c3cccc(C(=O)OCC)c3)C2c2cccc(C)c2)cc1. The molecule has 1 amide bonds. The van der Waals surface area contributed by atoms with Crippen LogP contribution >= 0.6 is 0 Å². The lowest BCUT2D eigenvalue weighted by Gasteiger charge is -2.26. The summed E-state index contributed by atoms with van der Waals surface area (Å²) in [6.07, 6.45) is 0.860. The molecule has 1 aliphatic rings. The number of benzene rings is 3. The number of aliphatic hydroxyl groups is 1. The molecule has 7 nitrogen and oxygen atoms in total. The van der Waals surface area contributed by atoms with Crippen LogP contribution in [0, 0.1) is 6.92 Å². The Bertz CT molecular complexity index is 1360. The second kappa shape index (κ2) is 11.1. The second-order valence-corrected chi connectivity index (χ2v) is 8.73. The molecule has 3 aromatic carbocycles. The lowest BCUT2D eigenvalue weighted by molar-refractivity contribution is -0.132. The summed E-state index contributed by atoms with van der Waals surface area (Å²) in [5.41, 5.74) is 2.55. The predicted octanol–water partition coefficient (Wildman–Crippen LogP) is 5.59. The van der Waals surface area contributed by atoms with Gasteiger partial charge in [0.1, 0.15) is 11.5 Å². The number of aryl methyl sites for hydroxylation is 1. The van der Waals surface area contributed by atoms with Crippen LogP contribution in [0.2, 0.25) is 0 Å². The van der Waals surface area contributed by atoms with E-state index in [0.717, 1.165) is 12.0 Å². The molecule has 37 heavy (non-hydrogen) atoms. The Morgan fingerprint density at radius 2 is 1.68 bits per heavy atom. The molecule has 1 atom stereocenters. The average Bonchev–Trinajstić information content (AvgIpc) is 3.17. The summed E-state index contributed by atoms with van der Waals surface area (Å²) in [5.74, 6) is -1.77. The molecule has 0 bridgehead atoms. The van der Waals surface area contributed by atoms with Crippen molar-refractivity contribution in [2.45, 2.75) is 33.2 Å². The maximum Gasteiger partial charge on any atom is 0.338 e. The highest BCUT2D eigenvalue weighted by Gasteiger charge is 2.47. The molecule has 7 heteroatoms. The minimum atomic E-state index is -0.895. The summed E-state index contributed by atoms with van der Waals surface area (Å²) in [5, 5.41) is 11.3. The number of ketones is 1. The van der Waals surface area contributed by atoms with Gasteiger partial charge >= 0.3 is 5.97 Å². The highest BCUT2D eigenvalue weighted by atomic mass is 16.5. The number of nitrogens with zero attached hydrogens (tertiary/aromatic N) is 1. The van der Waals surface area contributed by atoms with Crippen LogP contribution in [0.3, 0.4) is 0 Å². The van der Waals surface area contributed by atoms with Gasteiger partial charge in [-0.1, -0.05) is 42.8 Å². The molecule has 1 aliphatic heterocycles. The van der Waals surface area contributed by atoms with Crippen molar-refractivity contribution in [3.05, 3.63) is 101 Å². The van der Waals surface area contributed by atoms with Gasteiger partial charge in [0.05, 0.1) is 30.4 Å².